The SMILES string of the molecule is CN/C=C(\C=N)c1ccc(CNc2cc(-c3cnc4cc(OCCN5CCC(C)(C#N)CC5)ccn34)ncn2)cc1. The minimum Gasteiger partial charge on any atom is -0.492 e. The molecule has 1 aliphatic heterocycles. The van der Waals surface area contributed by atoms with Crippen LogP contribution in [0.2, 0.25) is 0 Å². The van der Waals surface area contributed by atoms with Crippen molar-refractivity contribution in [2.24, 2.45) is 5.41 Å². The first-order chi connectivity index (χ1) is 20.0. The van der Waals surface area contributed by atoms with Gasteiger partial charge in [-0.1, -0.05) is 24.3 Å². The van der Waals surface area contributed by atoms with Gasteiger partial charge in [0.1, 0.15) is 30.1 Å². The third kappa shape index (κ3) is 6.70. The number of imidazole rings is 1. The summed E-state index contributed by atoms with van der Waals surface area (Å²) in [6.45, 7) is 5.94. The number of aromatic nitrogens is 4. The minimum atomic E-state index is -0.190. The molecule has 0 spiro atoms. The van der Waals surface area contributed by atoms with Crippen molar-refractivity contribution in [1.29, 1.82) is 10.7 Å². The number of nitrogens with zero attached hydrogens (tertiary/aromatic N) is 6. The summed E-state index contributed by atoms with van der Waals surface area (Å²) in [6.07, 6.45) is 10.3. The normalized spacial score (nSPS) is 15.3. The van der Waals surface area contributed by atoms with Crippen LogP contribution in [0.4, 0.5) is 5.82 Å². The molecule has 0 amide bonds. The van der Waals surface area contributed by atoms with Gasteiger partial charge in [0.2, 0.25) is 0 Å². The van der Waals surface area contributed by atoms with Gasteiger partial charge in [-0.3, -0.25) is 9.30 Å². The number of hydrogen-bond acceptors (Lipinski definition) is 9. The van der Waals surface area contributed by atoms with E-state index >= 15 is 0 Å². The maximum Gasteiger partial charge on any atom is 0.140 e. The fourth-order valence-corrected chi connectivity index (χ4v) is 4.88. The van der Waals surface area contributed by atoms with Gasteiger partial charge in [-0.25, -0.2) is 15.0 Å². The van der Waals surface area contributed by atoms with E-state index in [1.807, 2.05) is 73.2 Å². The van der Waals surface area contributed by atoms with Crippen molar-refractivity contribution in [3.63, 3.8) is 0 Å². The van der Waals surface area contributed by atoms with Crippen LogP contribution in [0.5, 0.6) is 5.75 Å². The second kappa shape index (κ2) is 12.6. The van der Waals surface area contributed by atoms with Gasteiger partial charge in [0.15, 0.2) is 0 Å². The van der Waals surface area contributed by atoms with Gasteiger partial charge < -0.3 is 20.8 Å². The number of fused-ring (bicyclic) bond motifs is 1. The molecule has 4 heterocycles. The van der Waals surface area contributed by atoms with Crippen LogP contribution in [0.25, 0.3) is 22.6 Å². The Labute approximate surface area is 240 Å². The van der Waals surface area contributed by atoms with Crippen LogP contribution in [-0.2, 0) is 6.54 Å². The Kier molecular flexibility index (Phi) is 8.56. The summed E-state index contributed by atoms with van der Waals surface area (Å²) in [4.78, 5) is 15.8. The lowest BCUT2D eigenvalue weighted by molar-refractivity contribution is 0.135. The Balaban J connectivity index is 1.18. The molecule has 1 saturated heterocycles. The Hall–Kier alpha value is -4.75. The van der Waals surface area contributed by atoms with Gasteiger partial charge >= 0.3 is 0 Å². The smallest absolute Gasteiger partial charge is 0.140 e. The first kappa shape index (κ1) is 27.8. The summed E-state index contributed by atoms with van der Waals surface area (Å²) in [6, 6.07) is 16.3. The first-order valence-corrected chi connectivity index (χ1v) is 13.8. The van der Waals surface area contributed by atoms with Crippen molar-refractivity contribution < 1.29 is 4.74 Å². The number of pyridine rings is 1. The zero-order valence-corrected chi connectivity index (χ0v) is 23.5. The highest BCUT2D eigenvalue weighted by Crippen LogP contribution is 2.29. The van der Waals surface area contributed by atoms with Crippen molar-refractivity contribution in [1.82, 2.24) is 29.6 Å². The van der Waals surface area contributed by atoms with Gasteiger partial charge in [0.05, 0.1) is 29.1 Å². The van der Waals surface area contributed by atoms with Crippen molar-refractivity contribution in [3.8, 4) is 23.2 Å². The highest BCUT2D eigenvalue weighted by Gasteiger charge is 2.29. The van der Waals surface area contributed by atoms with Crippen LogP contribution in [0.3, 0.4) is 0 Å². The van der Waals surface area contributed by atoms with E-state index in [4.69, 9.17) is 10.1 Å². The number of anilines is 1. The van der Waals surface area contributed by atoms with E-state index < -0.39 is 0 Å². The monoisotopic (exact) mass is 549 g/mol. The number of ether oxygens (including phenoxy) is 1. The van der Waals surface area contributed by atoms with Gasteiger partial charge in [0.25, 0.3) is 0 Å². The van der Waals surface area contributed by atoms with Crippen LogP contribution < -0.4 is 15.4 Å². The van der Waals surface area contributed by atoms with Gasteiger partial charge in [-0.05, 0) is 50.0 Å². The van der Waals surface area contributed by atoms with E-state index in [1.165, 1.54) is 6.21 Å². The zero-order valence-electron chi connectivity index (χ0n) is 23.5. The second-order valence-corrected chi connectivity index (χ2v) is 10.5. The number of likely N-dealkylation sites (tertiary alicyclic amines) is 1. The summed E-state index contributed by atoms with van der Waals surface area (Å²) in [7, 11) is 1.82. The summed E-state index contributed by atoms with van der Waals surface area (Å²) in [5.74, 6) is 1.50. The summed E-state index contributed by atoms with van der Waals surface area (Å²) in [5, 5.41) is 23.3. The lowest BCUT2D eigenvalue weighted by atomic mass is 9.82. The molecule has 0 radical (unpaired) electrons. The molecular weight excluding hydrogens is 514 g/mol. The average Bonchev–Trinajstić information content (AvgIpc) is 3.44. The second-order valence-electron chi connectivity index (χ2n) is 10.5. The molecule has 0 aliphatic carbocycles. The Morgan fingerprint density at radius 2 is 1.95 bits per heavy atom. The van der Waals surface area contributed by atoms with E-state index in [1.54, 1.807) is 12.5 Å². The van der Waals surface area contributed by atoms with Gasteiger partial charge in [-0.2, -0.15) is 5.26 Å². The Bertz CT molecular complexity index is 1560. The molecule has 1 fully saturated rings. The Morgan fingerprint density at radius 1 is 1.15 bits per heavy atom. The Morgan fingerprint density at radius 3 is 2.68 bits per heavy atom. The third-order valence-electron chi connectivity index (χ3n) is 7.54. The molecule has 3 aromatic heterocycles. The average molecular weight is 550 g/mol. The highest BCUT2D eigenvalue weighted by molar-refractivity contribution is 6.08. The summed E-state index contributed by atoms with van der Waals surface area (Å²) < 4.78 is 8.02. The number of nitrogens with one attached hydrogen (secondary N) is 3. The van der Waals surface area contributed by atoms with E-state index in [0.717, 1.165) is 77.8 Å². The molecule has 0 atom stereocenters. The standard InChI is InChI=1S/C31H35N9O/c1-31(21-33)8-11-39(12-9-31)13-14-41-26-7-10-40-28(20-36-30(40)15-26)27-16-29(38-22-37-27)35-18-23-3-5-24(6-4-23)25(17-32)19-34-2/h3-7,10,15-17,19-20,22,32,34H,8-9,11-14,18H2,1-2H3,(H,35,37,38)/b25-19+,32-17?. The summed E-state index contributed by atoms with van der Waals surface area (Å²) >= 11 is 0. The lowest BCUT2D eigenvalue weighted by Crippen LogP contribution is -2.39. The quantitative estimate of drug-likeness (QED) is 0.231. The van der Waals surface area contributed by atoms with Crippen molar-refractivity contribution in [2.75, 3.05) is 38.6 Å². The molecule has 3 N–H and O–H groups in total. The molecule has 0 bridgehead atoms. The molecule has 1 aromatic carbocycles. The fourth-order valence-electron chi connectivity index (χ4n) is 4.88. The van der Waals surface area contributed by atoms with E-state index in [9.17, 15) is 5.26 Å². The van der Waals surface area contributed by atoms with Crippen molar-refractivity contribution in [3.05, 3.63) is 78.5 Å². The minimum absolute atomic E-state index is 0.190. The number of benzene rings is 1. The van der Waals surface area contributed by atoms with Gasteiger partial charge in [0, 0.05) is 56.5 Å². The van der Waals surface area contributed by atoms with Crippen LogP contribution in [0, 0.1) is 22.2 Å². The lowest BCUT2D eigenvalue weighted by Gasteiger charge is -2.34. The fraction of sp³-hybridized carbons (Fsp3) is 0.323. The van der Waals surface area contributed by atoms with E-state index in [2.05, 4.69) is 36.6 Å². The highest BCUT2D eigenvalue weighted by atomic mass is 16.5. The maximum absolute atomic E-state index is 9.32. The molecule has 4 aromatic rings. The van der Waals surface area contributed by atoms with Crippen LogP contribution >= 0.6 is 0 Å². The zero-order chi connectivity index (χ0) is 28.7. The molecule has 5 rings (SSSR count). The van der Waals surface area contributed by atoms with E-state index in [-0.39, 0.29) is 5.41 Å². The van der Waals surface area contributed by atoms with Crippen LogP contribution in [0.1, 0.15) is 30.9 Å². The molecule has 0 saturated carbocycles. The number of rotatable bonds is 11. The number of allylic oxidation sites excluding steroid dienone is 1. The van der Waals surface area contributed by atoms with Crippen LogP contribution in [0.15, 0.2) is 67.4 Å². The molecule has 1 aliphatic rings. The molecular formula is C31H35N9O. The molecule has 0 unspecified atom stereocenters. The van der Waals surface area contributed by atoms with Crippen LogP contribution in [-0.4, -0.2) is 63.8 Å². The molecule has 210 valence electrons. The van der Waals surface area contributed by atoms with E-state index in [0.29, 0.717) is 13.2 Å². The number of piperidine rings is 1. The predicted molar refractivity (Wildman–Crippen MR) is 161 cm³/mol. The summed E-state index contributed by atoms with van der Waals surface area (Å²) in [5.41, 5.74) is 5.13. The predicted octanol–water partition coefficient (Wildman–Crippen LogP) is 4.62. The number of hydrogen-bond donors (Lipinski definition) is 3. The molecule has 10 heteroatoms. The van der Waals surface area contributed by atoms with Crippen molar-refractivity contribution >= 4 is 23.3 Å². The largest absolute Gasteiger partial charge is 0.492 e. The first-order valence-electron chi connectivity index (χ1n) is 13.8. The maximum atomic E-state index is 9.32. The van der Waals surface area contributed by atoms with Gasteiger partial charge in [-0.15, -0.1) is 0 Å². The molecule has 41 heavy (non-hydrogen) atoms. The number of nitriles is 1. The topological polar surface area (TPSA) is 127 Å². The molecule has 10 nitrogen and oxygen atoms in total. The van der Waals surface area contributed by atoms with Crippen molar-refractivity contribution in [2.45, 2.75) is 26.3 Å². The third-order valence-corrected chi connectivity index (χ3v) is 7.54.